The molecule has 1 saturated heterocycles. The number of amides is 1. The summed E-state index contributed by atoms with van der Waals surface area (Å²) in [5.74, 6) is -0.311. The molecule has 1 fully saturated rings. The Kier molecular flexibility index (Phi) is 5.13. The van der Waals surface area contributed by atoms with Gasteiger partial charge in [-0.3, -0.25) is 4.68 Å². The molecule has 6 nitrogen and oxygen atoms in total. The fourth-order valence-corrected chi connectivity index (χ4v) is 3.24. The van der Waals surface area contributed by atoms with Gasteiger partial charge in [0.15, 0.2) is 0 Å². The molecule has 1 amide bonds. The molecule has 1 aromatic heterocycles. The second-order valence-electron chi connectivity index (χ2n) is 8.05. The molecular formula is C20H27FN4O2. The average molecular weight is 374 g/mol. The fraction of sp³-hybridized carbons (Fsp3) is 0.500. The van der Waals surface area contributed by atoms with Crippen LogP contribution in [-0.2, 0) is 4.74 Å². The van der Waals surface area contributed by atoms with Gasteiger partial charge < -0.3 is 15.4 Å². The molecule has 0 aliphatic carbocycles. The molecule has 0 atom stereocenters. The van der Waals surface area contributed by atoms with Gasteiger partial charge in [0, 0.05) is 41.7 Å². The number of nitrogen functional groups attached to an aromatic ring is 1. The van der Waals surface area contributed by atoms with Gasteiger partial charge in [-0.1, -0.05) is 0 Å². The van der Waals surface area contributed by atoms with Crippen LogP contribution < -0.4 is 5.73 Å². The Morgan fingerprint density at radius 3 is 2.59 bits per heavy atom. The van der Waals surface area contributed by atoms with Crippen LogP contribution in [0.15, 0.2) is 24.5 Å². The Morgan fingerprint density at radius 2 is 1.96 bits per heavy atom. The molecular weight excluding hydrogens is 347 g/mol. The number of nitrogens with two attached hydrogens (primary N) is 1. The van der Waals surface area contributed by atoms with Gasteiger partial charge in [-0.25, -0.2) is 9.18 Å². The molecule has 27 heavy (non-hydrogen) atoms. The lowest BCUT2D eigenvalue weighted by atomic mass is 10.0. The monoisotopic (exact) mass is 374 g/mol. The zero-order chi connectivity index (χ0) is 19.8. The van der Waals surface area contributed by atoms with Crippen molar-refractivity contribution in [3.05, 3.63) is 35.9 Å². The smallest absolute Gasteiger partial charge is 0.410 e. The minimum atomic E-state index is -0.494. The van der Waals surface area contributed by atoms with Crippen molar-refractivity contribution in [1.82, 2.24) is 14.7 Å². The lowest BCUT2D eigenvalue weighted by Gasteiger charge is -2.33. The van der Waals surface area contributed by atoms with Crippen molar-refractivity contribution in [2.24, 2.45) is 0 Å². The summed E-state index contributed by atoms with van der Waals surface area (Å²) in [6, 6.07) is 3.57. The Labute approximate surface area is 159 Å². The van der Waals surface area contributed by atoms with E-state index in [9.17, 15) is 9.18 Å². The van der Waals surface area contributed by atoms with Gasteiger partial charge in [-0.15, -0.1) is 0 Å². The molecule has 146 valence electrons. The van der Waals surface area contributed by atoms with E-state index >= 15 is 0 Å². The van der Waals surface area contributed by atoms with Crippen molar-refractivity contribution in [3.8, 4) is 11.1 Å². The molecule has 2 N–H and O–H groups in total. The standard InChI is InChI=1S/C20H27FN4O2/c1-13-17(22)6-5-16(18(13)21)14-11-23-25(12-14)15-7-9-24(10-8-15)19(26)27-20(2,3)4/h5-6,11-12,15H,7-10,22H2,1-4H3. The number of nitrogens with zero attached hydrogens (tertiary/aromatic N) is 3. The zero-order valence-electron chi connectivity index (χ0n) is 16.3. The Morgan fingerprint density at radius 1 is 1.30 bits per heavy atom. The van der Waals surface area contributed by atoms with Gasteiger partial charge in [-0.2, -0.15) is 5.10 Å². The third kappa shape index (κ3) is 4.23. The Bertz CT molecular complexity index is 833. The molecule has 3 rings (SSSR count). The van der Waals surface area contributed by atoms with Crippen LogP contribution in [0.3, 0.4) is 0 Å². The maximum absolute atomic E-state index is 14.5. The normalized spacial score (nSPS) is 15.8. The van der Waals surface area contributed by atoms with E-state index in [1.165, 1.54) is 0 Å². The van der Waals surface area contributed by atoms with Gasteiger partial charge in [0.1, 0.15) is 11.4 Å². The predicted octanol–water partition coefficient (Wildman–Crippen LogP) is 4.15. The maximum atomic E-state index is 14.5. The summed E-state index contributed by atoms with van der Waals surface area (Å²) < 4.78 is 21.8. The van der Waals surface area contributed by atoms with Crippen LogP contribution in [0, 0.1) is 12.7 Å². The average Bonchev–Trinajstić information content (AvgIpc) is 3.08. The summed E-state index contributed by atoms with van der Waals surface area (Å²) in [4.78, 5) is 13.9. The topological polar surface area (TPSA) is 73.4 Å². The molecule has 1 aromatic carbocycles. The largest absolute Gasteiger partial charge is 0.444 e. The number of rotatable bonds is 2. The number of piperidine rings is 1. The van der Waals surface area contributed by atoms with Crippen molar-refractivity contribution >= 4 is 11.8 Å². The number of aromatic nitrogens is 2. The van der Waals surface area contributed by atoms with Crippen LogP contribution in [-0.4, -0.2) is 39.5 Å². The van der Waals surface area contributed by atoms with Crippen LogP contribution in [0.2, 0.25) is 0 Å². The number of anilines is 1. The minimum absolute atomic E-state index is 0.176. The molecule has 1 aliphatic heterocycles. The van der Waals surface area contributed by atoms with Crippen LogP contribution in [0.5, 0.6) is 0 Å². The van der Waals surface area contributed by atoms with E-state index in [1.807, 2.05) is 31.6 Å². The van der Waals surface area contributed by atoms with Crippen molar-refractivity contribution in [3.63, 3.8) is 0 Å². The van der Waals surface area contributed by atoms with E-state index < -0.39 is 5.60 Å². The lowest BCUT2D eigenvalue weighted by molar-refractivity contribution is 0.0185. The van der Waals surface area contributed by atoms with Crippen molar-refractivity contribution in [2.75, 3.05) is 18.8 Å². The summed E-state index contributed by atoms with van der Waals surface area (Å²) in [6.45, 7) is 8.49. The van der Waals surface area contributed by atoms with Gasteiger partial charge in [0.2, 0.25) is 0 Å². The van der Waals surface area contributed by atoms with E-state index in [0.717, 1.165) is 18.4 Å². The van der Waals surface area contributed by atoms with Crippen LogP contribution >= 0.6 is 0 Å². The first-order valence-electron chi connectivity index (χ1n) is 9.23. The van der Waals surface area contributed by atoms with Crippen LogP contribution in [0.4, 0.5) is 14.9 Å². The molecule has 0 radical (unpaired) electrons. The fourth-order valence-electron chi connectivity index (χ4n) is 3.24. The first-order valence-corrected chi connectivity index (χ1v) is 9.23. The highest BCUT2D eigenvalue weighted by molar-refractivity contribution is 5.68. The predicted molar refractivity (Wildman–Crippen MR) is 103 cm³/mol. The van der Waals surface area contributed by atoms with Crippen molar-refractivity contribution < 1.29 is 13.9 Å². The summed E-state index contributed by atoms with van der Waals surface area (Å²) in [5, 5.41) is 4.42. The minimum Gasteiger partial charge on any atom is -0.444 e. The highest BCUT2D eigenvalue weighted by atomic mass is 19.1. The van der Waals surface area contributed by atoms with Crippen LogP contribution in [0.25, 0.3) is 11.1 Å². The molecule has 7 heteroatoms. The summed E-state index contributed by atoms with van der Waals surface area (Å²) in [5.41, 5.74) is 7.39. The Hall–Kier alpha value is -2.57. The number of ether oxygens (including phenoxy) is 1. The number of hydrogen-bond acceptors (Lipinski definition) is 4. The quantitative estimate of drug-likeness (QED) is 0.802. The molecule has 0 saturated carbocycles. The zero-order valence-corrected chi connectivity index (χ0v) is 16.3. The molecule has 1 aliphatic rings. The van der Waals surface area contributed by atoms with E-state index in [1.54, 1.807) is 30.2 Å². The van der Waals surface area contributed by atoms with Crippen molar-refractivity contribution in [2.45, 2.75) is 52.2 Å². The third-order valence-corrected chi connectivity index (χ3v) is 4.83. The van der Waals surface area contributed by atoms with Gasteiger partial charge in [0.05, 0.1) is 12.2 Å². The molecule has 2 heterocycles. The lowest BCUT2D eigenvalue weighted by Crippen LogP contribution is -2.42. The number of carbonyl (C=O) groups excluding carboxylic acids is 1. The molecule has 0 unspecified atom stereocenters. The number of benzene rings is 1. The second kappa shape index (κ2) is 7.21. The third-order valence-electron chi connectivity index (χ3n) is 4.83. The Balaban J connectivity index is 1.67. The molecule has 2 aromatic rings. The number of carbonyl (C=O) groups is 1. The van der Waals surface area contributed by atoms with Crippen molar-refractivity contribution in [1.29, 1.82) is 0 Å². The highest BCUT2D eigenvalue weighted by Gasteiger charge is 2.28. The van der Waals surface area contributed by atoms with E-state index in [4.69, 9.17) is 10.5 Å². The second-order valence-corrected chi connectivity index (χ2v) is 8.05. The van der Waals surface area contributed by atoms with E-state index in [-0.39, 0.29) is 18.0 Å². The number of hydrogen-bond donors (Lipinski definition) is 1. The van der Waals surface area contributed by atoms with Gasteiger partial charge >= 0.3 is 6.09 Å². The SMILES string of the molecule is Cc1c(N)ccc(-c2cnn(C3CCN(C(=O)OC(C)(C)C)CC3)c2)c1F. The molecule has 0 spiro atoms. The summed E-state index contributed by atoms with van der Waals surface area (Å²) >= 11 is 0. The number of halogens is 1. The first kappa shape index (κ1) is 19.2. The first-order chi connectivity index (χ1) is 12.7. The summed E-state index contributed by atoms with van der Waals surface area (Å²) in [6.07, 6.45) is 4.82. The summed E-state index contributed by atoms with van der Waals surface area (Å²) in [7, 11) is 0. The van der Waals surface area contributed by atoms with Crippen LogP contribution in [0.1, 0.15) is 45.2 Å². The maximum Gasteiger partial charge on any atom is 0.410 e. The highest BCUT2D eigenvalue weighted by Crippen LogP contribution is 2.30. The van der Waals surface area contributed by atoms with E-state index in [0.29, 0.717) is 29.9 Å². The van der Waals surface area contributed by atoms with Gasteiger partial charge in [0.25, 0.3) is 0 Å². The molecule has 0 bridgehead atoms. The van der Waals surface area contributed by atoms with Gasteiger partial charge in [-0.05, 0) is 52.7 Å². The van der Waals surface area contributed by atoms with E-state index in [2.05, 4.69) is 5.10 Å². The number of likely N-dealkylation sites (tertiary alicyclic amines) is 1.